The van der Waals surface area contributed by atoms with Crippen molar-refractivity contribution in [1.82, 2.24) is 14.9 Å². The molecule has 1 saturated heterocycles. The maximum Gasteiger partial charge on any atom is 0.434 e. The molecule has 0 aliphatic carbocycles. The van der Waals surface area contributed by atoms with Crippen LogP contribution in [-0.4, -0.2) is 59.8 Å². The highest BCUT2D eigenvalue weighted by atomic mass is 19.4. The highest BCUT2D eigenvalue weighted by molar-refractivity contribution is 5.77. The van der Waals surface area contributed by atoms with Crippen LogP contribution in [0.5, 0.6) is 0 Å². The topological polar surface area (TPSA) is 107 Å². The van der Waals surface area contributed by atoms with Crippen molar-refractivity contribution in [1.29, 1.82) is 5.41 Å². The molecule has 0 aromatic carbocycles. The van der Waals surface area contributed by atoms with Gasteiger partial charge in [0.05, 0.1) is 12.7 Å². The lowest BCUT2D eigenvalue weighted by atomic mass is 9.90. The molecule has 1 fully saturated rings. The van der Waals surface area contributed by atoms with E-state index in [-0.39, 0.29) is 24.0 Å². The molecular weight excluding hydrogens is 421 g/mol. The molecule has 0 spiro atoms. The maximum atomic E-state index is 13.1. The highest BCUT2D eigenvalue weighted by Gasteiger charge is 2.36. The van der Waals surface area contributed by atoms with E-state index in [0.717, 1.165) is 31.2 Å². The molecule has 1 aromatic rings. The predicted octanol–water partition coefficient (Wildman–Crippen LogP) is 3.36. The van der Waals surface area contributed by atoms with Crippen molar-refractivity contribution < 1.29 is 13.2 Å². The van der Waals surface area contributed by atoms with Crippen molar-refractivity contribution in [2.24, 2.45) is 21.6 Å². The molecular formula is C21H25F3N8. The summed E-state index contributed by atoms with van der Waals surface area (Å²) >= 11 is 0. The Morgan fingerprint density at radius 3 is 2.84 bits per heavy atom. The van der Waals surface area contributed by atoms with Gasteiger partial charge in [0, 0.05) is 49.5 Å². The second kappa shape index (κ2) is 9.75. The Labute approximate surface area is 184 Å². The molecule has 0 radical (unpaired) electrons. The summed E-state index contributed by atoms with van der Waals surface area (Å²) in [5.74, 6) is 0.965. The normalized spacial score (nSPS) is 20.6. The van der Waals surface area contributed by atoms with Crippen LogP contribution in [0.3, 0.4) is 0 Å². The molecule has 1 unspecified atom stereocenters. The number of nitrogens with one attached hydrogen (secondary N) is 1. The van der Waals surface area contributed by atoms with Gasteiger partial charge in [-0.05, 0) is 38.1 Å². The molecule has 170 valence electrons. The van der Waals surface area contributed by atoms with Crippen LogP contribution in [-0.2, 0) is 0 Å². The van der Waals surface area contributed by atoms with Crippen LogP contribution in [0, 0.1) is 11.3 Å². The molecule has 8 nitrogen and oxygen atoms in total. The molecule has 2 aliphatic heterocycles. The van der Waals surface area contributed by atoms with Crippen molar-refractivity contribution in [3.05, 3.63) is 47.5 Å². The summed E-state index contributed by atoms with van der Waals surface area (Å²) in [6.45, 7) is 6.71. The first kappa shape index (κ1) is 23.2. The lowest BCUT2D eigenvalue weighted by Crippen LogP contribution is -2.37. The van der Waals surface area contributed by atoms with Gasteiger partial charge in [-0.2, -0.15) is 13.2 Å². The van der Waals surface area contributed by atoms with Gasteiger partial charge in [0.25, 0.3) is 0 Å². The third-order valence-corrected chi connectivity index (χ3v) is 5.27. The fraction of sp³-hybridized carbons (Fsp3) is 0.381. The number of aliphatic imine (C=N–C) groups is 2. The maximum absolute atomic E-state index is 13.1. The number of hydrogen-bond donors (Lipinski definition) is 2. The second-order valence-electron chi connectivity index (χ2n) is 7.48. The van der Waals surface area contributed by atoms with E-state index in [0.29, 0.717) is 18.1 Å². The average molecular weight is 446 g/mol. The monoisotopic (exact) mass is 446 g/mol. The van der Waals surface area contributed by atoms with Crippen LogP contribution in [0.1, 0.15) is 25.6 Å². The van der Waals surface area contributed by atoms with Crippen LogP contribution >= 0.6 is 0 Å². The van der Waals surface area contributed by atoms with Crippen LogP contribution in [0.15, 0.2) is 51.6 Å². The number of nitrogens with two attached hydrogens (primary N) is 1. The summed E-state index contributed by atoms with van der Waals surface area (Å²) in [6, 6.07) is 1.75. The summed E-state index contributed by atoms with van der Waals surface area (Å²) in [6.07, 6.45) is 3.52. The number of allylic oxidation sites excluding steroid dienone is 2. The molecule has 0 saturated carbocycles. The second-order valence-corrected chi connectivity index (χ2v) is 7.48. The van der Waals surface area contributed by atoms with Crippen molar-refractivity contribution in [2.45, 2.75) is 25.9 Å². The number of hydrogen-bond acceptors (Lipinski definition) is 8. The summed E-state index contributed by atoms with van der Waals surface area (Å²) in [5, 5.41) is 7.67. The lowest BCUT2D eigenvalue weighted by Gasteiger charge is -2.34. The van der Waals surface area contributed by atoms with Gasteiger partial charge in [-0.1, -0.05) is 0 Å². The van der Waals surface area contributed by atoms with E-state index in [1.54, 1.807) is 19.2 Å². The first-order chi connectivity index (χ1) is 15.2. The Balaban J connectivity index is 1.90. The first-order valence-corrected chi connectivity index (χ1v) is 10.0. The molecule has 11 heteroatoms. The fourth-order valence-electron chi connectivity index (χ4n) is 3.76. The Kier molecular flexibility index (Phi) is 7.06. The largest absolute Gasteiger partial charge is 0.434 e. The molecule has 3 rings (SSSR count). The Morgan fingerprint density at radius 1 is 1.41 bits per heavy atom. The van der Waals surface area contributed by atoms with E-state index < -0.39 is 11.9 Å². The number of rotatable bonds is 6. The van der Waals surface area contributed by atoms with E-state index in [1.165, 1.54) is 23.5 Å². The molecule has 3 heterocycles. The molecule has 0 amide bonds. The zero-order valence-corrected chi connectivity index (χ0v) is 17.7. The average Bonchev–Trinajstić information content (AvgIpc) is 2.77. The predicted molar refractivity (Wildman–Crippen MR) is 120 cm³/mol. The van der Waals surface area contributed by atoms with E-state index in [1.807, 2.05) is 0 Å². The zero-order valence-electron chi connectivity index (χ0n) is 17.7. The number of halogens is 3. The third kappa shape index (κ3) is 5.21. The Hall–Kier alpha value is -3.50. The standard InChI is InChI=1S/C21H25F3N8/c1-14(26)16(10-25)15-4-3-8-32(12-15)19-5-6-29-20(30-19)17(11-27-2)31-9-7-28-18(13-31)21(22,23)24/h5-7,10-11,13,15,25H,2-4,8-9,12,26H2,1H3/b16-14+,17-11-,25-10?. The van der Waals surface area contributed by atoms with Crippen molar-refractivity contribution >= 4 is 30.7 Å². The highest BCUT2D eigenvalue weighted by Crippen LogP contribution is 2.31. The van der Waals surface area contributed by atoms with Crippen LogP contribution in [0.2, 0.25) is 0 Å². The number of aromatic nitrogens is 2. The van der Waals surface area contributed by atoms with Crippen molar-refractivity contribution in [3.63, 3.8) is 0 Å². The summed E-state index contributed by atoms with van der Waals surface area (Å²) in [7, 11) is 0. The van der Waals surface area contributed by atoms with Gasteiger partial charge in [-0.3, -0.25) is 9.98 Å². The van der Waals surface area contributed by atoms with Gasteiger partial charge in [0.1, 0.15) is 11.5 Å². The number of piperidine rings is 1. The Bertz CT molecular complexity index is 989. The van der Waals surface area contributed by atoms with E-state index in [4.69, 9.17) is 11.1 Å². The minimum Gasteiger partial charge on any atom is -0.402 e. The van der Waals surface area contributed by atoms with Crippen LogP contribution < -0.4 is 10.6 Å². The minimum absolute atomic E-state index is 0.102. The van der Waals surface area contributed by atoms with Gasteiger partial charge in [0.2, 0.25) is 0 Å². The van der Waals surface area contributed by atoms with Crippen molar-refractivity contribution in [2.75, 3.05) is 24.5 Å². The lowest BCUT2D eigenvalue weighted by molar-refractivity contribution is -0.0934. The van der Waals surface area contributed by atoms with E-state index >= 15 is 0 Å². The quantitative estimate of drug-likeness (QED) is 0.652. The molecule has 32 heavy (non-hydrogen) atoms. The number of alkyl halides is 3. The van der Waals surface area contributed by atoms with Crippen LogP contribution in [0.25, 0.3) is 5.70 Å². The van der Waals surface area contributed by atoms with E-state index in [2.05, 4.69) is 31.6 Å². The van der Waals surface area contributed by atoms with Gasteiger partial charge >= 0.3 is 6.18 Å². The molecule has 0 bridgehead atoms. The van der Waals surface area contributed by atoms with Crippen LogP contribution in [0.4, 0.5) is 19.0 Å². The molecule has 3 N–H and O–H groups in total. The van der Waals surface area contributed by atoms with Gasteiger partial charge in [0.15, 0.2) is 11.5 Å². The smallest absolute Gasteiger partial charge is 0.402 e. The molecule has 1 atom stereocenters. The molecule has 2 aliphatic rings. The first-order valence-electron chi connectivity index (χ1n) is 10.0. The number of anilines is 1. The summed E-state index contributed by atoms with van der Waals surface area (Å²) in [4.78, 5) is 19.4. The molecule has 1 aromatic heterocycles. The van der Waals surface area contributed by atoms with E-state index in [9.17, 15) is 13.2 Å². The van der Waals surface area contributed by atoms with Gasteiger partial charge in [-0.15, -0.1) is 0 Å². The van der Waals surface area contributed by atoms with Crippen molar-refractivity contribution in [3.8, 4) is 0 Å². The third-order valence-electron chi connectivity index (χ3n) is 5.27. The fourth-order valence-corrected chi connectivity index (χ4v) is 3.76. The number of nitrogens with zero attached hydrogens (tertiary/aromatic N) is 6. The van der Waals surface area contributed by atoms with Gasteiger partial charge in [-0.25, -0.2) is 9.97 Å². The summed E-state index contributed by atoms with van der Waals surface area (Å²) < 4.78 is 39.4. The zero-order chi connectivity index (χ0) is 23.3. The van der Waals surface area contributed by atoms with Gasteiger partial charge < -0.3 is 20.9 Å². The summed E-state index contributed by atoms with van der Waals surface area (Å²) in [5.41, 5.74) is 6.63. The SMILES string of the molecule is C=N/C=C(/c1nccc(N2CCCC(/C(C=N)=C(\C)N)C2)n1)N1C=C(C(F)(F)F)N=CC1. The minimum atomic E-state index is -4.57. The Morgan fingerprint density at radius 2 is 2.19 bits per heavy atom.